The number of piperidine rings is 1. The Morgan fingerprint density at radius 1 is 1.31 bits per heavy atom. The Balaban J connectivity index is 1.73. The molecule has 16 heavy (non-hydrogen) atoms. The van der Waals surface area contributed by atoms with Crippen LogP contribution in [0, 0.1) is 5.92 Å². The second-order valence-electron chi connectivity index (χ2n) is 4.70. The van der Waals surface area contributed by atoms with Crippen LogP contribution in [0.4, 0.5) is 0 Å². The van der Waals surface area contributed by atoms with E-state index in [9.17, 15) is 4.79 Å². The largest absolute Gasteiger partial charge is 0.317 e. The summed E-state index contributed by atoms with van der Waals surface area (Å²) in [6, 6.07) is 0.412. The predicted molar refractivity (Wildman–Crippen MR) is 58.2 cm³/mol. The van der Waals surface area contributed by atoms with Gasteiger partial charge in [-0.05, 0) is 38.8 Å². The standard InChI is InChI=1S/C11H16N4O/c16-11(8-1-2-8)10-7-15(14-13-10)9-3-5-12-6-4-9/h7-9,12H,1-6H2. The molecule has 0 spiro atoms. The lowest BCUT2D eigenvalue weighted by Crippen LogP contribution is -2.29. The fraction of sp³-hybridized carbons (Fsp3) is 0.727. The first-order chi connectivity index (χ1) is 7.84. The van der Waals surface area contributed by atoms with Crippen molar-refractivity contribution in [2.75, 3.05) is 13.1 Å². The molecule has 0 radical (unpaired) electrons. The van der Waals surface area contributed by atoms with Gasteiger partial charge in [0.25, 0.3) is 0 Å². The Labute approximate surface area is 94.2 Å². The summed E-state index contributed by atoms with van der Waals surface area (Å²) >= 11 is 0. The summed E-state index contributed by atoms with van der Waals surface area (Å²) in [5.74, 6) is 0.415. The van der Waals surface area contributed by atoms with Gasteiger partial charge < -0.3 is 5.32 Å². The van der Waals surface area contributed by atoms with Crippen LogP contribution in [0.15, 0.2) is 6.20 Å². The van der Waals surface area contributed by atoms with E-state index in [1.54, 1.807) is 0 Å². The van der Waals surface area contributed by atoms with Crippen molar-refractivity contribution in [1.29, 1.82) is 0 Å². The summed E-state index contributed by atoms with van der Waals surface area (Å²) in [6.07, 6.45) is 6.02. The van der Waals surface area contributed by atoms with Crippen molar-refractivity contribution >= 4 is 5.78 Å². The lowest BCUT2D eigenvalue weighted by Gasteiger charge is -2.22. The van der Waals surface area contributed by atoms with E-state index < -0.39 is 0 Å². The first-order valence-corrected chi connectivity index (χ1v) is 6.01. The van der Waals surface area contributed by atoms with Crippen LogP contribution in [0.2, 0.25) is 0 Å². The molecule has 0 bridgehead atoms. The third-order valence-electron chi connectivity index (χ3n) is 3.39. The number of carbonyl (C=O) groups is 1. The topological polar surface area (TPSA) is 59.8 Å². The number of rotatable bonds is 3. The molecule has 2 aliphatic rings. The van der Waals surface area contributed by atoms with Crippen LogP contribution in [0.25, 0.3) is 0 Å². The fourth-order valence-corrected chi connectivity index (χ4v) is 2.19. The van der Waals surface area contributed by atoms with Crippen LogP contribution in [0.1, 0.15) is 42.2 Å². The maximum atomic E-state index is 11.8. The highest BCUT2D eigenvalue weighted by atomic mass is 16.1. The fourth-order valence-electron chi connectivity index (χ4n) is 2.19. The molecule has 0 unspecified atom stereocenters. The van der Waals surface area contributed by atoms with Crippen LogP contribution in [-0.2, 0) is 0 Å². The van der Waals surface area contributed by atoms with Crippen molar-refractivity contribution in [3.8, 4) is 0 Å². The molecule has 1 aliphatic carbocycles. The Kier molecular flexibility index (Phi) is 2.47. The van der Waals surface area contributed by atoms with Crippen LogP contribution < -0.4 is 5.32 Å². The van der Waals surface area contributed by atoms with E-state index in [2.05, 4.69) is 15.6 Å². The molecule has 1 N–H and O–H groups in total. The Morgan fingerprint density at radius 3 is 2.75 bits per heavy atom. The van der Waals surface area contributed by atoms with Gasteiger partial charge in [0.2, 0.25) is 0 Å². The number of aromatic nitrogens is 3. The molecule has 5 heteroatoms. The SMILES string of the molecule is O=C(c1cn(C2CCNCC2)nn1)C1CC1. The monoisotopic (exact) mass is 220 g/mol. The zero-order valence-corrected chi connectivity index (χ0v) is 9.22. The number of nitrogens with zero attached hydrogens (tertiary/aromatic N) is 3. The predicted octanol–water partition coefficient (Wildman–Crippen LogP) is 0.795. The van der Waals surface area contributed by atoms with Crippen molar-refractivity contribution < 1.29 is 4.79 Å². The molecule has 0 atom stereocenters. The quantitative estimate of drug-likeness (QED) is 0.765. The number of Topliss-reactive ketones (excluding diaryl/α,β-unsaturated/α-hetero) is 1. The Hall–Kier alpha value is -1.23. The Morgan fingerprint density at radius 2 is 2.06 bits per heavy atom. The molecule has 0 amide bonds. The molecule has 0 aromatic carbocycles. The first kappa shape index (κ1) is 9.96. The number of hydrogen-bond acceptors (Lipinski definition) is 4. The molecule has 1 saturated carbocycles. The second-order valence-corrected chi connectivity index (χ2v) is 4.70. The van der Waals surface area contributed by atoms with Crippen molar-refractivity contribution in [3.05, 3.63) is 11.9 Å². The van der Waals surface area contributed by atoms with E-state index in [1.807, 2.05) is 10.9 Å². The zero-order chi connectivity index (χ0) is 11.0. The van der Waals surface area contributed by atoms with Gasteiger partial charge in [0.15, 0.2) is 5.78 Å². The third-order valence-corrected chi connectivity index (χ3v) is 3.39. The molecular weight excluding hydrogens is 204 g/mol. The van der Waals surface area contributed by atoms with E-state index in [-0.39, 0.29) is 11.7 Å². The van der Waals surface area contributed by atoms with Crippen molar-refractivity contribution in [2.45, 2.75) is 31.7 Å². The van der Waals surface area contributed by atoms with Gasteiger partial charge in [-0.2, -0.15) is 0 Å². The average molecular weight is 220 g/mol. The highest BCUT2D eigenvalue weighted by Crippen LogP contribution is 2.32. The number of carbonyl (C=O) groups excluding carboxylic acids is 1. The lowest BCUT2D eigenvalue weighted by molar-refractivity contribution is 0.0962. The number of nitrogens with one attached hydrogen (secondary N) is 1. The normalized spacial score (nSPS) is 22.2. The number of ketones is 1. The zero-order valence-electron chi connectivity index (χ0n) is 9.22. The Bertz CT molecular complexity index is 390. The molecule has 1 aliphatic heterocycles. The minimum absolute atomic E-state index is 0.181. The molecular formula is C11H16N4O. The highest BCUT2D eigenvalue weighted by molar-refractivity contribution is 5.97. The summed E-state index contributed by atoms with van der Waals surface area (Å²) in [6.45, 7) is 2.05. The molecule has 2 fully saturated rings. The van der Waals surface area contributed by atoms with E-state index in [4.69, 9.17) is 0 Å². The van der Waals surface area contributed by atoms with Gasteiger partial charge in [-0.25, -0.2) is 4.68 Å². The maximum absolute atomic E-state index is 11.8. The maximum Gasteiger partial charge on any atom is 0.187 e. The summed E-state index contributed by atoms with van der Waals surface area (Å²) in [7, 11) is 0. The molecule has 2 heterocycles. The third kappa shape index (κ3) is 1.87. The number of hydrogen-bond donors (Lipinski definition) is 1. The molecule has 1 saturated heterocycles. The molecule has 86 valence electrons. The average Bonchev–Trinajstić information content (AvgIpc) is 3.07. The first-order valence-electron chi connectivity index (χ1n) is 6.01. The highest BCUT2D eigenvalue weighted by Gasteiger charge is 2.32. The van der Waals surface area contributed by atoms with Gasteiger partial charge in [0, 0.05) is 5.92 Å². The summed E-state index contributed by atoms with van der Waals surface area (Å²) in [4.78, 5) is 11.8. The van der Waals surface area contributed by atoms with Crippen molar-refractivity contribution in [2.24, 2.45) is 5.92 Å². The van der Waals surface area contributed by atoms with Gasteiger partial charge in [0.1, 0.15) is 5.69 Å². The van der Waals surface area contributed by atoms with E-state index in [1.165, 1.54) is 0 Å². The van der Waals surface area contributed by atoms with Gasteiger partial charge in [-0.1, -0.05) is 5.21 Å². The van der Waals surface area contributed by atoms with Gasteiger partial charge in [0.05, 0.1) is 12.2 Å². The molecule has 1 aromatic heterocycles. The van der Waals surface area contributed by atoms with Gasteiger partial charge in [-0.3, -0.25) is 4.79 Å². The summed E-state index contributed by atoms with van der Waals surface area (Å²) in [5, 5.41) is 11.4. The minimum Gasteiger partial charge on any atom is -0.317 e. The van der Waals surface area contributed by atoms with Crippen molar-refractivity contribution in [1.82, 2.24) is 20.3 Å². The van der Waals surface area contributed by atoms with Crippen LogP contribution in [-0.4, -0.2) is 33.9 Å². The lowest BCUT2D eigenvalue weighted by atomic mass is 10.1. The van der Waals surface area contributed by atoms with Crippen LogP contribution in [0.5, 0.6) is 0 Å². The van der Waals surface area contributed by atoms with E-state index in [0.717, 1.165) is 38.8 Å². The van der Waals surface area contributed by atoms with Gasteiger partial charge >= 0.3 is 0 Å². The smallest absolute Gasteiger partial charge is 0.187 e. The van der Waals surface area contributed by atoms with E-state index in [0.29, 0.717) is 11.7 Å². The van der Waals surface area contributed by atoms with Gasteiger partial charge in [-0.15, -0.1) is 5.10 Å². The molecule has 5 nitrogen and oxygen atoms in total. The summed E-state index contributed by atoms with van der Waals surface area (Å²) < 4.78 is 1.87. The van der Waals surface area contributed by atoms with Crippen molar-refractivity contribution in [3.63, 3.8) is 0 Å². The minimum atomic E-state index is 0.181. The molecule has 1 aromatic rings. The molecule has 3 rings (SSSR count). The van der Waals surface area contributed by atoms with E-state index >= 15 is 0 Å². The summed E-state index contributed by atoms with van der Waals surface area (Å²) in [5.41, 5.74) is 0.557. The van der Waals surface area contributed by atoms with Crippen LogP contribution >= 0.6 is 0 Å². The second kappa shape index (κ2) is 3.97. The van der Waals surface area contributed by atoms with Crippen LogP contribution in [0.3, 0.4) is 0 Å².